The summed E-state index contributed by atoms with van der Waals surface area (Å²) in [5.41, 5.74) is 0. The summed E-state index contributed by atoms with van der Waals surface area (Å²) < 4.78 is 4.26. The van der Waals surface area contributed by atoms with E-state index in [1.165, 1.54) is 7.11 Å². The molecule has 1 fully saturated rings. The Morgan fingerprint density at radius 3 is 2.69 bits per heavy atom. The monoisotopic (exact) mass is 245 g/mol. The van der Waals surface area contributed by atoms with Crippen molar-refractivity contribution in [3.05, 3.63) is 0 Å². The molecule has 0 radical (unpaired) electrons. The number of rotatable bonds is 4. The van der Waals surface area contributed by atoms with E-state index in [1.807, 2.05) is 6.92 Å². The van der Waals surface area contributed by atoms with Crippen LogP contribution < -0.4 is 0 Å². The maximum Gasteiger partial charge on any atom is 0.307 e. The summed E-state index contributed by atoms with van der Waals surface area (Å²) in [5, 5.41) is 0. The summed E-state index contributed by atoms with van der Waals surface area (Å²) in [6, 6.07) is 0. The average Bonchev–Trinajstić information content (AvgIpc) is 2.72. The molecule has 0 aromatic heterocycles. The van der Waals surface area contributed by atoms with Gasteiger partial charge < -0.3 is 9.64 Å². The van der Waals surface area contributed by atoms with E-state index in [4.69, 9.17) is 0 Å². The molecule has 1 unspecified atom stereocenters. The van der Waals surface area contributed by atoms with Gasteiger partial charge in [0, 0.05) is 13.6 Å². The molecule has 1 rings (SSSR count). The van der Waals surface area contributed by atoms with Gasteiger partial charge in [0.1, 0.15) is 0 Å². The summed E-state index contributed by atoms with van der Waals surface area (Å²) in [5.74, 6) is 0.898. The lowest BCUT2D eigenvalue weighted by Gasteiger charge is -2.27. The van der Waals surface area contributed by atoms with E-state index in [-0.39, 0.29) is 23.0 Å². The van der Waals surface area contributed by atoms with Crippen LogP contribution in [0.1, 0.15) is 26.2 Å². The molecule has 16 heavy (non-hydrogen) atoms. The van der Waals surface area contributed by atoms with Crippen LogP contribution in [-0.2, 0) is 14.3 Å². The van der Waals surface area contributed by atoms with Crippen LogP contribution in [0.3, 0.4) is 0 Å². The van der Waals surface area contributed by atoms with Crippen LogP contribution >= 0.6 is 11.8 Å². The Morgan fingerprint density at radius 1 is 1.50 bits per heavy atom. The number of hydrogen-bond donors (Lipinski definition) is 0. The van der Waals surface area contributed by atoms with Gasteiger partial charge in [-0.1, -0.05) is 0 Å². The van der Waals surface area contributed by atoms with Crippen molar-refractivity contribution in [3.8, 4) is 0 Å². The van der Waals surface area contributed by atoms with Gasteiger partial charge in [-0.25, -0.2) is 0 Å². The minimum atomic E-state index is -0.287. The molecule has 92 valence electrons. The number of thioether (sulfide) groups is 1. The van der Waals surface area contributed by atoms with Crippen LogP contribution in [0.2, 0.25) is 0 Å². The number of methoxy groups -OCH3 is 1. The molecule has 0 aliphatic carbocycles. The minimum absolute atomic E-state index is 0.124. The second kappa shape index (κ2) is 5.57. The van der Waals surface area contributed by atoms with E-state index >= 15 is 0 Å². The summed E-state index contributed by atoms with van der Waals surface area (Å²) in [6.07, 6.45) is 2.29. The fourth-order valence-electron chi connectivity index (χ4n) is 1.81. The van der Waals surface area contributed by atoms with E-state index in [2.05, 4.69) is 4.74 Å². The quantitative estimate of drug-likeness (QED) is 0.700. The van der Waals surface area contributed by atoms with Gasteiger partial charge >= 0.3 is 5.97 Å². The largest absolute Gasteiger partial charge is 0.469 e. The zero-order valence-electron chi connectivity index (χ0n) is 10.1. The van der Waals surface area contributed by atoms with Crippen molar-refractivity contribution in [2.45, 2.75) is 30.9 Å². The summed E-state index contributed by atoms with van der Waals surface area (Å²) >= 11 is 1.71. The Morgan fingerprint density at radius 2 is 2.19 bits per heavy atom. The zero-order valence-corrected chi connectivity index (χ0v) is 10.9. The summed E-state index contributed by atoms with van der Waals surface area (Å²) in [4.78, 5) is 24.7. The van der Waals surface area contributed by atoms with E-state index in [0.29, 0.717) is 6.54 Å². The lowest BCUT2D eigenvalue weighted by molar-refractivity contribution is -0.141. The molecule has 1 heterocycles. The lowest BCUT2D eigenvalue weighted by Crippen LogP contribution is -2.42. The number of ether oxygens (including phenoxy) is 1. The molecule has 0 aromatic rings. The first-order chi connectivity index (χ1) is 7.49. The van der Waals surface area contributed by atoms with E-state index in [0.717, 1.165) is 18.6 Å². The Labute approximate surface area is 101 Å². The van der Waals surface area contributed by atoms with Crippen molar-refractivity contribution in [3.63, 3.8) is 0 Å². The van der Waals surface area contributed by atoms with Crippen molar-refractivity contribution in [1.82, 2.24) is 4.90 Å². The van der Waals surface area contributed by atoms with Crippen LogP contribution in [0.25, 0.3) is 0 Å². The predicted octanol–water partition coefficient (Wildman–Crippen LogP) is 1.29. The van der Waals surface area contributed by atoms with Crippen LogP contribution in [0.15, 0.2) is 0 Å². The molecule has 1 aliphatic rings. The topological polar surface area (TPSA) is 46.6 Å². The zero-order chi connectivity index (χ0) is 12.2. The molecule has 1 aliphatic heterocycles. The van der Waals surface area contributed by atoms with Crippen LogP contribution in [0.4, 0.5) is 0 Å². The molecule has 5 heteroatoms. The Hall–Kier alpha value is -0.710. The smallest absolute Gasteiger partial charge is 0.307 e. The van der Waals surface area contributed by atoms with Gasteiger partial charge in [-0.15, -0.1) is 11.8 Å². The van der Waals surface area contributed by atoms with Crippen LogP contribution in [-0.4, -0.2) is 48.0 Å². The molecule has 4 nitrogen and oxygen atoms in total. The third kappa shape index (κ3) is 3.14. The molecule has 0 aromatic carbocycles. The van der Waals surface area contributed by atoms with Crippen molar-refractivity contribution in [2.24, 2.45) is 0 Å². The SMILES string of the molecule is COC(=O)CCN(C)C(=O)C1(C)CCCS1. The first-order valence-electron chi connectivity index (χ1n) is 5.46. The van der Waals surface area contributed by atoms with Crippen molar-refractivity contribution in [1.29, 1.82) is 0 Å². The predicted molar refractivity (Wildman–Crippen MR) is 64.4 cm³/mol. The standard InChI is InChI=1S/C11H19NO3S/c1-11(6-4-8-16-11)10(14)12(2)7-5-9(13)15-3/h4-8H2,1-3H3. The highest BCUT2D eigenvalue weighted by Crippen LogP contribution is 2.38. The van der Waals surface area contributed by atoms with Crippen LogP contribution in [0.5, 0.6) is 0 Å². The molecule has 1 atom stereocenters. The average molecular weight is 245 g/mol. The molecule has 0 spiro atoms. The van der Waals surface area contributed by atoms with Crippen molar-refractivity contribution in [2.75, 3.05) is 26.5 Å². The van der Waals surface area contributed by atoms with Gasteiger partial charge in [0.15, 0.2) is 0 Å². The Bertz CT molecular complexity index is 274. The van der Waals surface area contributed by atoms with E-state index < -0.39 is 0 Å². The number of amides is 1. The van der Waals surface area contributed by atoms with Gasteiger partial charge in [-0.05, 0) is 25.5 Å². The number of carbonyl (C=O) groups is 2. The third-order valence-corrected chi connectivity index (χ3v) is 4.41. The molecule has 1 amide bonds. The fourth-order valence-corrected chi connectivity index (χ4v) is 3.12. The van der Waals surface area contributed by atoms with E-state index in [1.54, 1.807) is 23.7 Å². The highest BCUT2D eigenvalue weighted by molar-refractivity contribution is 8.01. The fraction of sp³-hybridized carbons (Fsp3) is 0.818. The normalized spacial score (nSPS) is 24.2. The molecule has 1 saturated heterocycles. The number of carbonyl (C=O) groups excluding carboxylic acids is 2. The van der Waals surface area contributed by atoms with Crippen LogP contribution in [0, 0.1) is 0 Å². The van der Waals surface area contributed by atoms with Gasteiger partial charge in [-0.3, -0.25) is 9.59 Å². The number of hydrogen-bond acceptors (Lipinski definition) is 4. The summed E-state index contributed by atoms with van der Waals surface area (Å²) in [7, 11) is 3.10. The maximum atomic E-state index is 12.1. The molecule has 0 N–H and O–H groups in total. The minimum Gasteiger partial charge on any atom is -0.469 e. The highest BCUT2D eigenvalue weighted by Gasteiger charge is 2.38. The van der Waals surface area contributed by atoms with Gasteiger partial charge in [0.05, 0.1) is 18.3 Å². The first kappa shape index (κ1) is 13.4. The second-order valence-corrected chi connectivity index (χ2v) is 5.83. The molecular formula is C11H19NO3S. The number of esters is 1. The summed E-state index contributed by atoms with van der Waals surface area (Å²) in [6.45, 7) is 2.42. The molecular weight excluding hydrogens is 226 g/mol. The maximum absolute atomic E-state index is 12.1. The second-order valence-electron chi connectivity index (χ2n) is 4.24. The van der Waals surface area contributed by atoms with Crippen molar-refractivity contribution >= 4 is 23.6 Å². The van der Waals surface area contributed by atoms with Gasteiger partial charge in [0.25, 0.3) is 0 Å². The Kier molecular flexibility index (Phi) is 4.65. The van der Waals surface area contributed by atoms with Crippen molar-refractivity contribution < 1.29 is 14.3 Å². The molecule has 0 bridgehead atoms. The number of nitrogens with zero attached hydrogens (tertiary/aromatic N) is 1. The first-order valence-corrected chi connectivity index (χ1v) is 6.44. The molecule has 0 saturated carbocycles. The Balaban J connectivity index is 2.44. The van der Waals surface area contributed by atoms with Gasteiger partial charge in [-0.2, -0.15) is 0 Å². The lowest BCUT2D eigenvalue weighted by atomic mass is 10.0. The third-order valence-electron chi connectivity index (χ3n) is 2.90. The highest BCUT2D eigenvalue weighted by atomic mass is 32.2. The van der Waals surface area contributed by atoms with Gasteiger partial charge in [0.2, 0.25) is 5.91 Å². The van der Waals surface area contributed by atoms with E-state index in [9.17, 15) is 9.59 Å².